The van der Waals surface area contributed by atoms with Crippen LogP contribution in [0.25, 0.3) is 5.69 Å². The fraction of sp³-hybridized carbons (Fsp3) is 0.250. The number of benzene rings is 2. The lowest BCUT2D eigenvalue weighted by molar-refractivity contribution is -0.119. The highest BCUT2D eigenvalue weighted by atomic mass is 32.2. The predicted molar refractivity (Wildman–Crippen MR) is 115 cm³/mol. The molecule has 0 unspecified atom stereocenters. The summed E-state index contributed by atoms with van der Waals surface area (Å²) in [6.45, 7) is 6.17. The van der Waals surface area contributed by atoms with E-state index in [0.29, 0.717) is 9.71 Å². The van der Waals surface area contributed by atoms with E-state index in [2.05, 4.69) is 42.5 Å². The molecule has 1 atom stereocenters. The van der Waals surface area contributed by atoms with Gasteiger partial charge in [0.05, 0.1) is 17.5 Å². The lowest BCUT2D eigenvalue weighted by atomic mass is 10.0. The van der Waals surface area contributed by atoms with Gasteiger partial charge in [-0.1, -0.05) is 59.5 Å². The number of para-hydroxylation sites is 1. The zero-order chi connectivity index (χ0) is 19.4. The summed E-state index contributed by atoms with van der Waals surface area (Å²) >= 11 is 8.22. The molecule has 0 aliphatic rings. The molecule has 3 rings (SSSR count). The van der Waals surface area contributed by atoms with Crippen LogP contribution < -0.4 is 5.32 Å². The SMILES string of the molecule is Cc1ccc([C@@H](C)NC(=O)CSc2nn(-c3ccccc3)c(=S)s2)cc1C. The number of nitrogens with one attached hydrogen (secondary N) is 1. The monoisotopic (exact) mass is 415 g/mol. The van der Waals surface area contributed by atoms with Crippen LogP contribution in [0, 0.1) is 17.8 Å². The first-order valence-electron chi connectivity index (χ1n) is 8.59. The Hall–Kier alpha value is -1.96. The number of aromatic nitrogens is 2. The minimum absolute atomic E-state index is 0.0156. The third kappa shape index (κ3) is 5.06. The maximum Gasteiger partial charge on any atom is 0.230 e. The second-order valence-electron chi connectivity index (χ2n) is 6.30. The molecule has 0 spiro atoms. The van der Waals surface area contributed by atoms with Crippen molar-refractivity contribution in [2.24, 2.45) is 0 Å². The number of carbonyl (C=O) groups is 1. The molecule has 0 radical (unpaired) electrons. The highest BCUT2D eigenvalue weighted by Gasteiger charge is 2.13. The number of rotatable bonds is 6. The normalized spacial score (nSPS) is 12.0. The average Bonchev–Trinajstić information content (AvgIpc) is 3.03. The van der Waals surface area contributed by atoms with Crippen molar-refractivity contribution >= 4 is 41.2 Å². The van der Waals surface area contributed by atoms with Crippen LogP contribution in [0.15, 0.2) is 52.9 Å². The predicted octanol–water partition coefficient (Wildman–Crippen LogP) is 5.25. The molecule has 1 aromatic heterocycles. The van der Waals surface area contributed by atoms with Gasteiger partial charge >= 0.3 is 0 Å². The van der Waals surface area contributed by atoms with Crippen molar-refractivity contribution in [2.45, 2.75) is 31.2 Å². The minimum atomic E-state index is -0.0301. The third-order valence-electron chi connectivity index (χ3n) is 4.27. The maximum absolute atomic E-state index is 12.3. The number of aryl methyl sites for hydroxylation is 2. The van der Waals surface area contributed by atoms with Gasteiger partial charge in [-0.3, -0.25) is 4.79 Å². The summed E-state index contributed by atoms with van der Waals surface area (Å²) in [5.41, 5.74) is 4.52. The number of hydrogen-bond donors (Lipinski definition) is 1. The molecule has 0 fully saturated rings. The molecule has 0 aliphatic heterocycles. The largest absolute Gasteiger partial charge is 0.349 e. The minimum Gasteiger partial charge on any atom is -0.349 e. The van der Waals surface area contributed by atoms with Gasteiger partial charge < -0.3 is 5.32 Å². The first-order valence-corrected chi connectivity index (χ1v) is 10.8. The Morgan fingerprint density at radius 2 is 1.96 bits per heavy atom. The fourth-order valence-corrected chi connectivity index (χ4v) is 4.75. The van der Waals surface area contributed by atoms with E-state index < -0.39 is 0 Å². The summed E-state index contributed by atoms with van der Waals surface area (Å²) in [5.74, 6) is 0.296. The Bertz CT molecular complexity index is 995. The standard InChI is InChI=1S/C20H21N3OS3/c1-13-9-10-16(11-14(13)2)15(3)21-18(24)12-26-19-22-23(20(25)27-19)17-7-5-4-6-8-17/h4-11,15H,12H2,1-3H3,(H,21,24)/t15-/m1/s1. The van der Waals surface area contributed by atoms with E-state index in [1.54, 1.807) is 4.68 Å². The average molecular weight is 416 g/mol. The summed E-state index contributed by atoms with van der Waals surface area (Å²) in [6, 6.07) is 16.0. The molecule has 4 nitrogen and oxygen atoms in total. The second kappa shape index (κ2) is 8.82. The molecule has 3 aromatic rings. The van der Waals surface area contributed by atoms with E-state index in [4.69, 9.17) is 12.2 Å². The molecule has 1 heterocycles. The molecule has 140 valence electrons. The summed E-state index contributed by atoms with van der Waals surface area (Å²) in [6.07, 6.45) is 0. The number of amides is 1. The highest BCUT2D eigenvalue weighted by molar-refractivity contribution is 8.01. The van der Waals surface area contributed by atoms with Gasteiger partial charge in [0, 0.05) is 0 Å². The van der Waals surface area contributed by atoms with Crippen LogP contribution in [0.1, 0.15) is 29.7 Å². The van der Waals surface area contributed by atoms with Crippen LogP contribution in [-0.2, 0) is 4.79 Å². The zero-order valence-corrected chi connectivity index (χ0v) is 17.9. The molecule has 0 aliphatic carbocycles. The molecule has 7 heteroatoms. The van der Waals surface area contributed by atoms with Crippen molar-refractivity contribution in [3.63, 3.8) is 0 Å². The van der Waals surface area contributed by atoms with Crippen LogP contribution >= 0.6 is 35.3 Å². The van der Waals surface area contributed by atoms with Crippen molar-refractivity contribution < 1.29 is 4.79 Å². The van der Waals surface area contributed by atoms with Gasteiger partial charge in [-0.2, -0.15) is 0 Å². The van der Waals surface area contributed by atoms with Crippen molar-refractivity contribution in [1.82, 2.24) is 15.1 Å². The Morgan fingerprint density at radius 3 is 2.67 bits per heavy atom. The molecule has 2 aromatic carbocycles. The third-order valence-corrected chi connectivity index (χ3v) is 6.63. The molecule has 0 saturated heterocycles. The van der Waals surface area contributed by atoms with Crippen LogP contribution in [0.3, 0.4) is 0 Å². The molecule has 0 saturated carbocycles. The van der Waals surface area contributed by atoms with Gasteiger partial charge in [-0.15, -0.1) is 5.10 Å². The van der Waals surface area contributed by atoms with Crippen LogP contribution in [-0.4, -0.2) is 21.4 Å². The topological polar surface area (TPSA) is 46.9 Å². The fourth-order valence-electron chi connectivity index (χ4n) is 2.58. The van der Waals surface area contributed by atoms with Gasteiger partial charge in [0.25, 0.3) is 0 Å². The van der Waals surface area contributed by atoms with Crippen LogP contribution in [0.4, 0.5) is 0 Å². The van der Waals surface area contributed by atoms with Crippen molar-refractivity contribution in [3.05, 3.63) is 69.2 Å². The second-order valence-corrected chi connectivity index (χ2v) is 9.15. The van der Waals surface area contributed by atoms with Gasteiger partial charge in [-0.05, 0) is 61.8 Å². The number of hydrogen-bond acceptors (Lipinski definition) is 5. The van der Waals surface area contributed by atoms with E-state index in [-0.39, 0.29) is 11.9 Å². The quantitative estimate of drug-likeness (QED) is 0.441. The van der Waals surface area contributed by atoms with E-state index in [0.717, 1.165) is 15.6 Å². The van der Waals surface area contributed by atoms with Crippen molar-refractivity contribution in [2.75, 3.05) is 5.75 Å². The van der Waals surface area contributed by atoms with Gasteiger partial charge in [0.2, 0.25) is 5.91 Å². The molecule has 0 bridgehead atoms. The van der Waals surface area contributed by atoms with Crippen LogP contribution in [0.5, 0.6) is 0 Å². The van der Waals surface area contributed by atoms with E-state index in [1.165, 1.54) is 34.2 Å². The summed E-state index contributed by atoms with van der Waals surface area (Å²) in [5, 5.41) is 7.58. The van der Waals surface area contributed by atoms with E-state index in [9.17, 15) is 4.79 Å². The molecular weight excluding hydrogens is 394 g/mol. The smallest absolute Gasteiger partial charge is 0.230 e. The number of thioether (sulfide) groups is 1. The first kappa shape index (κ1) is 19.8. The first-order chi connectivity index (χ1) is 12.9. The highest BCUT2D eigenvalue weighted by Crippen LogP contribution is 2.24. The molecule has 1 N–H and O–H groups in total. The molecular formula is C20H21N3OS3. The lowest BCUT2D eigenvalue weighted by Gasteiger charge is -2.15. The number of nitrogens with zero attached hydrogens (tertiary/aromatic N) is 2. The number of carbonyl (C=O) groups excluding carboxylic acids is 1. The Kier molecular flexibility index (Phi) is 6.46. The van der Waals surface area contributed by atoms with Crippen molar-refractivity contribution in [3.8, 4) is 5.69 Å². The Balaban J connectivity index is 1.59. The van der Waals surface area contributed by atoms with Gasteiger partial charge in [0.1, 0.15) is 0 Å². The van der Waals surface area contributed by atoms with Gasteiger partial charge in [-0.25, -0.2) is 4.68 Å². The molecule has 27 heavy (non-hydrogen) atoms. The Morgan fingerprint density at radius 1 is 1.22 bits per heavy atom. The summed E-state index contributed by atoms with van der Waals surface area (Å²) in [7, 11) is 0. The summed E-state index contributed by atoms with van der Waals surface area (Å²) in [4.78, 5) is 12.3. The lowest BCUT2D eigenvalue weighted by Crippen LogP contribution is -2.28. The zero-order valence-electron chi connectivity index (χ0n) is 15.4. The van der Waals surface area contributed by atoms with Crippen molar-refractivity contribution in [1.29, 1.82) is 0 Å². The van der Waals surface area contributed by atoms with E-state index >= 15 is 0 Å². The van der Waals surface area contributed by atoms with E-state index in [1.807, 2.05) is 37.3 Å². The summed E-state index contributed by atoms with van der Waals surface area (Å²) < 4.78 is 3.20. The Labute approximate surface area is 172 Å². The van der Waals surface area contributed by atoms with Crippen LogP contribution in [0.2, 0.25) is 0 Å². The maximum atomic E-state index is 12.3. The van der Waals surface area contributed by atoms with Gasteiger partial charge in [0.15, 0.2) is 8.29 Å². The molecule has 1 amide bonds.